The van der Waals surface area contributed by atoms with E-state index < -0.39 is 197 Å². The number of allylic oxidation sites excluding steroid dienone is 3. The van der Waals surface area contributed by atoms with Crippen LogP contribution in [0.1, 0.15) is 140 Å². The molecule has 6 heterocycles. The molecule has 0 aromatic rings. The first kappa shape index (κ1) is 69.8. The standard InChI is InChI=1S/C66H94N2O24/c1-30-13-17-46(87-54-27-64(10,68(78)79)59(37(8)85-54)67-63(77)80-12)31(2)22-42-44(72)23-39(28-69)26-66(42)61(75)55(62(76)92-66)60(74)65(11)41(30)15-14-40-56(65)32(3)21-33(4)57(40)91-53-25-48(58(36(7)84-53)86-38(9)70)89-51-20-18-47(35(6)83-51)88-52-24-45(73)49(29-81-52)90-50-19-16-43(71)34(5)82-50/h13-15,22-23,28,32-37,40-54,56-59,71-74H,16-21,24-27,29H2,1-12H3,(H,67,77)/b30-13+,31-22+,60-55?/t32-,33-,34-,35-,36-,37+,40-,41-,42+,43?,44-,45+,46-,47?,48+,49?,50-,51-,52-,53-,54-,56+,57-,58-,59-,64-,65+,66?/m0/s1. The van der Waals surface area contributed by atoms with Gasteiger partial charge in [0.25, 0.3) is 0 Å². The largest absolute Gasteiger partial charge is 0.511 e. The summed E-state index contributed by atoms with van der Waals surface area (Å²) in [6, 6.07) is -1.12. The van der Waals surface area contributed by atoms with Gasteiger partial charge < -0.3 is 87.3 Å². The van der Waals surface area contributed by atoms with Crippen molar-refractivity contribution in [3.63, 3.8) is 0 Å². The first-order valence-corrected chi connectivity index (χ1v) is 32.6. The zero-order valence-electron chi connectivity index (χ0n) is 54.6. The van der Waals surface area contributed by atoms with E-state index in [1.54, 1.807) is 33.8 Å². The molecular weight excluding hydrogens is 1200 g/mol. The zero-order valence-corrected chi connectivity index (χ0v) is 54.6. The number of ketones is 1. The summed E-state index contributed by atoms with van der Waals surface area (Å²) >= 11 is 0. The third-order valence-electron chi connectivity index (χ3n) is 21.4. The highest BCUT2D eigenvalue weighted by Crippen LogP contribution is 2.61. The maximum Gasteiger partial charge on any atom is 0.407 e. The number of nitro groups is 1. The van der Waals surface area contributed by atoms with Crippen LogP contribution in [0.25, 0.3) is 0 Å². The van der Waals surface area contributed by atoms with Crippen LogP contribution < -0.4 is 5.32 Å². The number of aliphatic hydroxyl groups is 4. The Bertz CT molecular complexity index is 2930. The van der Waals surface area contributed by atoms with Gasteiger partial charge in [-0.3, -0.25) is 24.5 Å². The maximum atomic E-state index is 15.6. The molecule has 4 unspecified atom stereocenters. The summed E-state index contributed by atoms with van der Waals surface area (Å²) in [5, 5.41) is 61.7. The summed E-state index contributed by atoms with van der Waals surface area (Å²) in [4.78, 5) is 80.4. The molecule has 0 radical (unpaired) electrons. The van der Waals surface area contributed by atoms with Crippen molar-refractivity contribution in [2.24, 2.45) is 40.9 Å². The van der Waals surface area contributed by atoms with Gasteiger partial charge in [0.05, 0.1) is 87.1 Å². The number of amides is 1. The van der Waals surface area contributed by atoms with E-state index in [2.05, 4.69) is 25.2 Å². The van der Waals surface area contributed by atoms with Crippen molar-refractivity contribution in [1.29, 1.82) is 0 Å². The SMILES string of the molecule is COC(=O)N[C@H]1[C@@H](C)O[C@@H](O[C@H]2C/C=C(\C)[C@@H]3C=C[C@@H]4[C@@H](O[C@H]5C[C@@H](O[C@H]6CCC(O[C@H]7C[C@@H](O)C(O[C@H]8CCC(O)[C@H](C)O8)CO7)[C@H](C)O6)[C@@H](OC(C)=O)[C@H](C)O5)[C@@H](C)C[C@H](C)[C@H]4[C@]3(C)C(O)=C3C(=O)OC4(CC(C=O)=C[C@H](O)[C@H]4/C=C/2C)C3=O)C[C@]1(C)[N+](=O)[O-]. The zero-order chi connectivity index (χ0) is 66.6. The first-order chi connectivity index (χ1) is 43.5. The van der Waals surface area contributed by atoms with E-state index in [1.165, 1.54) is 19.9 Å². The van der Waals surface area contributed by atoms with E-state index in [9.17, 15) is 49.7 Å². The Morgan fingerprint density at radius 2 is 1.42 bits per heavy atom. The van der Waals surface area contributed by atoms with Gasteiger partial charge in [0, 0.05) is 68.1 Å². The molecule has 2 bridgehead atoms. The van der Waals surface area contributed by atoms with E-state index in [4.69, 9.17) is 61.6 Å². The number of nitrogens with zero attached hydrogens (tertiary/aromatic N) is 1. The number of carbonyl (C=O) groups excluding carboxylic acids is 5. The molecule has 1 spiro atoms. The molecule has 0 aromatic carbocycles. The minimum Gasteiger partial charge on any atom is -0.511 e. The smallest absolute Gasteiger partial charge is 0.407 e. The Morgan fingerprint density at radius 1 is 0.750 bits per heavy atom. The number of hydrogen-bond donors (Lipinski definition) is 5. The molecule has 6 aliphatic heterocycles. The lowest BCUT2D eigenvalue weighted by Gasteiger charge is -2.56. The van der Waals surface area contributed by atoms with E-state index in [1.807, 2.05) is 32.9 Å². The fourth-order valence-corrected chi connectivity index (χ4v) is 16.6. The minimum atomic E-state index is -2.20. The lowest BCUT2D eigenvalue weighted by molar-refractivity contribution is -0.584. The number of methoxy groups -OCH3 is 1. The number of rotatable bonds is 14. The fourth-order valence-electron chi connectivity index (χ4n) is 16.6. The third-order valence-corrected chi connectivity index (χ3v) is 21.4. The Morgan fingerprint density at radius 3 is 2.09 bits per heavy atom. The van der Waals surface area contributed by atoms with Gasteiger partial charge in [-0.15, -0.1) is 0 Å². The van der Waals surface area contributed by atoms with Crippen LogP contribution in [0.3, 0.4) is 0 Å². The number of alkyl carbamates (subject to hydrolysis) is 1. The summed E-state index contributed by atoms with van der Waals surface area (Å²) in [5.74, 6) is -6.45. The molecule has 0 aromatic heterocycles. The lowest BCUT2D eigenvalue weighted by Crippen LogP contribution is -2.65. The highest BCUT2D eigenvalue weighted by molar-refractivity contribution is 6.26. The molecule has 26 nitrogen and oxygen atoms in total. The quantitative estimate of drug-likeness (QED) is 0.0254. The normalized spacial score (nSPS) is 46.9. The summed E-state index contributed by atoms with van der Waals surface area (Å²) in [6.07, 6.45) is -3.48. The number of ether oxygens (including phenoxy) is 13. The van der Waals surface area contributed by atoms with Crippen molar-refractivity contribution in [2.75, 3.05) is 13.7 Å². The average Bonchev–Trinajstić information content (AvgIpc) is 1.37. The summed E-state index contributed by atoms with van der Waals surface area (Å²) in [7, 11) is 1.15. The maximum absolute atomic E-state index is 15.6. The molecule has 512 valence electrons. The summed E-state index contributed by atoms with van der Waals surface area (Å²) in [5.41, 5.74) is -4.91. The van der Waals surface area contributed by atoms with Crippen LogP contribution >= 0.6 is 0 Å². The number of fused-ring (bicyclic) bond motifs is 4. The van der Waals surface area contributed by atoms with Crippen LogP contribution in [0, 0.1) is 51.0 Å². The lowest BCUT2D eigenvalue weighted by atomic mass is 9.49. The van der Waals surface area contributed by atoms with E-state index in [-0.39, 0.29) is 55.8 Å². The van der Waals surface area contributed by atoms with Crippen molar-refractivity contribution in [3.05, 3.63) is 68.5 Å². The van der Waals surface area contributed by atoms with Crippen LogP contribution in [-0.4, -0.2) is 197 Å². The molecule has 10 rings (SSSR count). The van der Waals surface area contributed by atoms with Crippen LogP contribution in [0.15, 0.2) is 58.4 Å². The monoisotopic (exact) mass is 1300 g/mol. The molecular formula is C66H94N2O24. The third kappa shape index (κ3) is 13.7. The van der Waals surface area contributed by atoms with Gasteiger partial charge in [0.2, 0.25) is 11.3 Å². The number of aliphatic hydroxyl groups excluding tert-OH is 4. The van der Waals surface area contributed by atoms with Crippen LogP contribution in [0.2, 0.25) is 0 Å². The van der Waals surface area contributed by atoms with Crippen molar-refractivity contribution < 1.29 is 111 Å². The van der Waals surface area contributed by atoms with Crippen molar-refractivity contribution in [1.82, 2.24) is 5.32 Å². The van der Waals surface area contributed by atoms with E-state index >= 15 is 4.79 Å². The van der Waals surface area contributed by atoms with E-state index in [0.717, 1.165) is 7.11 Å². The van der Waals surface area contributed by atoms with Gasteiger partial charge >= 0.3 is 18.0 Å². The summed E-state index contributed by atoms with van der Waals surface area (Å²) in [6.45, 7) is 19.3. The number of hydrogen-bond acceptors (Lipinski definition) is 24. The molecule has 92 heavy (non-hydrogen) atoms. The topological polar surface area (TPSA) is 341 Å². The molecule has 26 heteroatoms. The number of carbonyl (C=O) groups is 5. The van der Waals surface area contributed by atoms with Crippen LogP contribution in [0.5, 0.6) is 0 Å². The van der Waals surface area contributed by atoms with Gasteiger partial charge in [-0.1, -0.05) is 50.6 Å². The highest BCUT2D eigenvalue weighted by Gasteiger charge is 2.65. The fraction of sp³-hybridized carbons (Fsp3) is 0.773. The van der Waals surface area contributed by atoms with Gasteiger partial charge in [-0.2, -0.15) is 0 Å². The second-order valence-electron chi connectivity index (χ2n) is 27.8. The average molecular weight is 1300 g/mol. The molecule has 10 aliphatic rings. The number of Topliss-reactive ketones (excluding diaryl/α,β-unsaturated/α-hetero) is 1. The second kappa shape index (κ2) is 27.9. The van der Waals surface area contributed by atoms with Crippen LogP contribution in [0.4, 0.5) is 4.79 Å². The number of aldehydes is 1. The molecule has 5 N–H and O–H groups in total. The predicted molar refractivity (Wildman–Crippen MR) is 321 cm³/mol. The summed E-state index contributed by atoms with van der Waals surface area (Å²) < 4.78 is 81.0. The van der Waals surface area contributed by atoms with Crippen LogP contribution in [-0.2, 0) is 80.8 Å². The molecule has 1 amide bonds. The van der Waals surface area contributed by atoms with Gasteiger partial charge in [-0.25, -0.2) is 9.59 Å². The number of esters is 2. The van der Waals surface area contributed by atoms with Gasteiger partial charge in [0.1, 0.15) is 35.9 Å². The molecule has 1 saturated carbocycles. The molecule has 28 atom stereocenters. The minimum absolute atomic E-state index is 0.00169. The van der Waals surface area contributed by atoms with Crippen molar-refractivity contribution >= 4 is 30.1 Å². The van der Waals surface area contributed by atoms with Crippen molar-refractivity contribution in [2.45, 2.75) is 268 Å². The first-order valence-electron chi connectivity index (χ1n) is 32.6. The van der Waals surface area contributed by atoms with Gasteiger partial charge in [0.15, 0.2) is 43.2 Å². The van der Waals surface area contributed by atoms with Gasteiger partial charge in [-0.05, 0) is 102 Å². The van der Waals surface area contributed by atoms with E-state index in [0.29, 0.717) is 49.5 Å². The number of nitrogens with one attached hydrogen (secondary N) is 1. The molecule has 7 fully saturated rings. The molecule has 6 saturated heterocycles. The predicted octanol–water partition coefficient (Wildman–Crippen LogP) is 5.97. The Balaban J connectivity index is 0.903. The van der Waals surface area contributed by atoms with Crippen molar-refractivity contribution in [3.8, 4) is 0 Å². The second-order valence-corrected chi connectivity index (χ2v) is 27.8. The molecule has 4 aliphatic carbocycles. The highest BCUT2D eigenvalue weighted by atomic mass is 16.7. The Kier molecular flexibility index (Phi) is 21.2. The Hall–Kier alpha value is -5.07. The Labute approximate surface area is 536 Å².